The van der Waals surface area contributed by atoms with E-state index in [0.717, 1.165) is 27.8 Å². The molecule has 0 aliphatic heterocycles. The molecule has 1 heterocycles. The summed E-state index contributed by atoms with van der Waals surface area (Å²) in [6, 6.07) is 4.81. The van der Waals surface area contributed by atoms with E-state index in [2.05, 4.69) is 33.2 Å². The first-order valence-electron chi connectivity index (χ1n) is 5.72. The Labute approximate surface area is 110 Å². The van der Waals surface area contributed by atoms with Crippen LogP contribution in [0.25, 0.3) is 0 Å². The van der Waals surface area contributed by atoms with Crippen LogP contribution in [0.5, 0.6) is 0 Å². The number of nitrogens with one attached hydrogen (secondary N) is 1. The molecule has 1 N–H and O–H groups in total. The first kappa shape index (κ1) is 12.4. The average Bonchev–Trinajstić information content (AvgIpc) is 3.09. The molecule has 0 spiro atoms. The smallest absolute Gasteiger partial charge is 0.110 e. The minimum atomic E-state index is 0.694. The van der Waals surface area contributed by atoms with Crippen molar-refractivity contribution in [1.82, 2.24) is 10.3 Å². The predicted molar refractivity (Wildman–Crippen MR) is 72.8 cm³/mol. The summed E-state index contributed by atoms with van der Waals surface area (Å²) in [6.07, 6.45) is 4.58. The molecule has 1 atom stereocenters. The van der Waals surface area contributed by atoms with Gasteiger partial charge in [0.05, 0.1) is 0 Å². The molecule has 0 amide bonds. The molecule has 0 bridgehead atoms. The molecule has 1 unspecified atom stereocenters. The monoisotopic (exact) mass is 300 g/mol. The van der Waals surface area contributed by atoms with Gasteiger partial charge in [-0.25, -0.2) is 4.98 Å². The summed E-state index contributed by atoms with van der Waals surface area (Å²) in [4.78, 5) is 4.35. The lowest BCUT2D eigenvalue weighted by Gasteiger charge is -2.11. The van der Waals surface area contributed by atoms with E-state index in [1.165, 1.54) is 12.8 Å². The third-order valence-electron chi connectivity index (χ3n) is 2.56. The maximum absolute atomic E-state index is 4.35. The molecule has 1 fully saturated rings. The van der Waals surface area contributed by atoms with Gasteiger partial charge in [-0.15, -0.1) is 11.8 Å². The molecule has 1 aliphatic rings. The predicted octanol–water partition coefficient (Wildman–Crippen LogP) is 3.32. The van der Waals surface area contributed by atoms with Gasteiger partial charge in [-0.3, -0.25) is 0 Å². The third-order valence-corrected chi connectivity index (χ3v) is 4.80. The fourth-order valence-corrected chi connectivity index (χ4v) is 2.91. The van der Waals surface area contributed by atoms with Gasteiger partial charge < -0.3 is 5.32 Å². The van der Waals surface area contributed by atoms with E-state index in [1.54, 1.807) is 0 Å². The zero-order chi connectivity index (χ0) is 11.4. The van der Waals surface area contributed by atoms with E-state index in [9.17, 15) is 0 Å². The molecule has 0 radical (unpaired) electrons. The van der Waals surface area contributed by atoms with Crippen LogP contribution in [0.1, 0.15) is 19.8 Å². The van der Waals surface area contributed by atoms with Gasteiger partial charge in [0.2, 0.25) is 0 Å². The van der Waals surface area contributed by atoms with Crippen LogP contribution >= 0.6 is 27.7 Å². The molecular weight excluding hydrogens is 284 g/mol. The molecule has 1 aromatic heterocycles. The molecule has 2 nitrogen and oxygen atoms in total. The second-order valence-electron chi connectivity index (χ2n) is 4.39. The number of aromatic nitrogens is 1. The van der Waals surface area contributed by atoms with Crippen molar-refractivity contribution in [1.29, 1.82) is 0 Å². The molecule has 1 aromatic rings. The SMILES string of the molecule is CC(CNC1CC1)CSc1ncccc1Br. The van der Waals surface area contributed by atoms with E-state index in [4.69, 9.17) is 0 Å². The van der Waals surface area contributed by atoms with E-state index in [1.807, 2.05) is 30.1 Å². The van der Waals surface area contributed by atoms with E-state index < -0.39 is 0 Å². The van der Waals surface area contributed by atoms with Crippen molar-refractivity contribution >= 4 is 27.7 Å². The maximum atomic E-state index is 4.35. The van der Waals surface area contributed by atoms with Crippen molar-refractivity contribution in [2.45, 2.75) is 30.8 Å². The van der Waals surface area contributed by atoms with Gasteiger partial charge in [-0.05, 0) is 53.4 Å². The molecule has 4 heteroatoms. The second-order valence-corrected chi connectivity index (χ2v) is 6.25. The van der Waals surface area contributed by atoms with Crippen molar-refractivity contribution < 1.29 is 0 Å². The van der Waals surface area contributed by atoms with Crippen LogP contribution in [0.15, 0.2) is 27.8 Å². The summed E-state index contributed by atoms with van der Waals surface area (Å²) in [5, 5.41) is 4.66. The highest BCUT2D eigenvalue weighted by Gasteiger charge is 2.20. The topological polar surface area (TPSA) is 24.9 Å². The molecule has 2 rings (SSSR count). The van der Waals surface area contributed by atoms with Crippen molar-refractivity contribution in [3.05, 3.63) is 22.8 Å². The largest absolute Gasteiger partial charge is 0.314 e. The number of thioether (sulfide) groups is 1. The van der Waals surface area contributed by atoms with Crippen LogP contribution in [-0.2, 0) is 0 Å². The van der Waals surface area contributed by atoms with Crippen LogP contribution in [0.3, 0.4) is 0 Å². The van der Waals surface area contributed by atoms with Gasteiger partial charge in [0.15, 0.2) is 0 Å². The Bertz CT molecular complexity index is 342. The lowest BCUT2D eigenvalue weighted by atomic mass is 10.2. The van der Waals surface area contributed by atoms with Gasteiger partial charge in [0.1, 0.15) is 5.03 Å². The Morgan fingerprint density at radius 1 is 1.62 bits per heavy atom. The molecule has 0 aromatic carbocycles. The summed E-state index contributed by atoms with van der Waals surface area (Å²) in [5.74, 6) is 1.81. The van der Waals surface area contributed by atoms with E-state index in [-0.39, 0.29) is 0 Å². The fraction of sp³-hybridized carbons (Fsp3) is 0.583. The minimum Gasteiger partial charge on any atom is -0.314 e. The molecular formula is C12H17BrN2S. The Morgan fingerprint density at radius 2 is 2.44 bits per heavy atom. The standard InChI is InChI=1S/C12H17BrN2S/c1-9(7-15-10-4-5-10)8-16-12-11(13)3-2-6-14-12/h2-3,6,9-10,15H,4-5,7-8H2,1H3. The van der Waals surface area contributed by atoms with Gasteiger partial charge in [-0.1, -0.05) is 6.92 Å². The van der Waals surface area contributed by atoms with Crippen LogP contribution in [0.2, 0.25) is 0 Å². The summed E-state index contributed by atoms with van der Waals surface area (Å²) in [6.45, 7) is 3.42. The lowest BCUT2D eigenvalue weighted by molar-refractivity contribution is 0.556. The van der Waals surface area contributed by atoms with Crippen LogP contribution in [0.4, 0.5) is 0 Å². The first-order chi connectivity index (χ1) is 7.75. The third kappa shape index (κ3) is 4.07. The quantitative estimate of drug-likeness (QED) is 0.816. The number of halogens is 1. The fourth-order valence-electron chi connectivity index (χ4n) is 1.41. The van der Waals surface area contributed by atoms with Gasteiger partial charge in [0.25, 0.3) is 0 Å². The zero-order valence-electron chi connectivity index (χ0n) is 9.45. The lowest BCUT2D eigenvalue weighted by Crippen LogP contribution is -2.24. The molecule has 0 saturated heterocycles. The van der Waals surface area contributed by atoms with Gasteiger partial charge in [0, 0.05) is 22.5 Å². The summed E-state index contributed by atoms with van der Waals surface area (Å²) < 4.78 is 1.10. The maximum Gasteiger partial charge on any atom is 0.110 e. The van der Waals surface area contributed by atoms with Crippen LogP contribution in [0, 0.1) is 5.92 Å². The average molecular weight is 301 g/mol. The van der Waals surface area contributed by atoms with E-state index >= 15 is 0 Å². The van der Waals surface area contributed by atoms with Crippen molar-refractivity contribution in [2.75, 3.05) is 12.3 Å². The normalized spacial score (nSPS) is 17.4. The number of hydrogen-bond donors (Lipinski definition) is 1. The van der Waals surface area contributed by atoms with Gasteiger partial charge >= 0.3 is 0 Å². The number of pyridine rings is 1. The highest BCUT2D eigenvalue weighted by Crippen LogP contribution is 2.26. The highest BCUT2D eigenvalue weighted by molar-refractivity contribution is 9.10. The molecule has 88 valence electrons. The number of hydrogen-bond acceptors (Lipinski definition) is 3. The van der Waals surface area contributed by atoms with Crippen LogP contribution < -0.4 is 5.32 Å². The first-order valence-corrected chi connectivity index (χ1v) is 7.50. The summed E-state index contributed by atoms with van der Waals surface area (Å²) in [5.41, 5.74) is 0. The van der Waals surface area contributed by atoms with Gasteiger partial charge in [-0.2, -0.15) is 0 Å². The minimum absolute atomic E-state index is 0.694. The summed E-state index contributed by atoms with van der Waals surface area (Å²) >= 11 is 5.35. The molecule has 16 heavy (non-hydrogen) atoms. The molecule has 1 saturated carbocycles. The Hall–Kier alpha value is -0.0600. The van der Waals surface area contributed by atoms with Crippen molar-refractivity contribution in [2.24, 2.45) is 5.92 Å². The van der Waals surface area contributed by atoms with Crippen molar-refractivity contribution in [3.63, 3.8) is 0 Å². The van der Waals surface area contributed by atoms with Crippen molar-refractivity contribution in [3.8, 4) is 0 Å². The number of nitrogens with zero attached hydrogens (tertiary/aromatic N) is 1. The number of rotatable bonds is 6. The second kappa shape index (κ2) is 6.03. The van der Waals surface area contributed by atoms with Crippen LogP contribution in [-0.4, -0.2) is 23.3 Å². The summed E-state index contributed by atoms with van der Waals surface area (Å²) in [7, 11) is 0. The molecule has 1 aliphatic carbocycles. The Balaban J connectivity index is 1.71. The van der Waals surface area contributed by atoms with E-state index in [0.29, 0.717) is 5.92 Å². The Morgan fingerprint density at radius 3 is 3.12 bits per heavy atom. The highest BCUT2D eigenvalue weighted by atomic mass is 79.9. The zero-order valence-corrected chi connectivity index (χ0v) is 11.9. The Kier molecular flexibility index (Phi) is 4.67.